The molecule has 2 aromatic rings. The summed E-state index contributed by atoms with van der Waals surface area (Å²) < 4.78 is 82.4. The summed E-state index contributed by atoms with van der Waals surface area (Å²) in [5.74, 6) is -4.43. The van der Waals surface area contributed by atoms with Gasteiger partial charge >= 0.3 is 7.82 Å². The van der Waals surface area contributed by atoms with Gasteiger partial charge in [-0.1, -0.05) is 18.2 Å². The first-order valence-electron chi connectivity index (χ1n) is 7.75. The van der Waals surface area contributed by atoms with Crippen molar-refractivity contribution in [2.75, 3.05) is 0 Å². The molecule has 0 aliphatic heterocycles. The molecule has 0 saturated heterocycles. The van der Waals surface area contributed by atoms with Crippen molar-refractivity contribution in [2.45, 2.75) is 12.5 Å². The highest BCUT2D eigenvalue weighted by atomic mass is 31.2. The molecule has 0 saturated carbocycles. The van der Waals surface area contributed by atoms with Crippen LogP contribution in [0, 0.1) is 11.6 Å². The van der Waals surface area contributed by atoms with E-state index in [9.17, 15) is 22.1 Å². The van der Waals surface area contributed by atoms with Crippen molar-refractivity contribution in [1.29, 1.82) is 0 Å². The van der Waals surface area contributed by atoms with Crippen molar-refractivity contribution in [1.82, 2.24) is 0 Å². The highest BCUT2D eigenvalue weighted by molar-refractivity contribution is 7.49. The van der Waals surface area contributed by atoms with Gasteiger partial charge in [0.25, 0.3) is 0 Å². The van der Waals surface area contributed by atoms with Crippen molar-refractivity contribution in [3.63, 3.8) is 0 Å². The molecule has 142 valence electrons. The van der Waals surface area contributed by atoms with Gasteiger partial charge in [0.2, 0.25) is 0 Å². The molecule has 0 aromatic heterocycles. The molecule has 0 bridgehead atoms. The molecule has 27 heavy (non-hydrogen) atoms. The van der Waals surface area contributed by atoms with Crippen molar-refractivity contribution >= 4 is 7.82 Å². The average molecular weight is 400 g/mol. The van der Waals surface area contributed by atoms with Gasteiger partial charge in [0.15, 0.2) is 11.6 Å². The van der Waals surface area contributed by atoms with Gasteiger partial charge in [-0.2, -0.15) is 0 Å². The van der Waals surface area contributed by atoms with E-state index >= 15 is 0 Å². The number of phosphoric acid groups is 1. The molecule has 2 atom stereocenters. The molecule has 3 rings (SSSR count). The van der Waals surface area contributed by atoms with Crippen LogP contribution in [-0.2, 0) is 9.09 Å². The Kier molecular flexibility index (Phi) is 5.68. The van der Waals surface area contributed by atoms with Crippen LogP contribution in [0.15, 0.2) is 72.3 Å². The summed E-state index contributed by atoms with van der Waals surface area (Å²) in [6, 6.07) is 9.93. The number of para-hydroxylation sites is 1. The Bertz CT molecular complexity index is 930. The molecule has 0 fully saturated rings. The van der Waals surface area contributed by atoms with E-state index in [-0.39, 0.29) is 12.2 Å². The van der Waals surface area contributed by atoms with Gasteiger partial charge in [0.05, 0.1) is 0 Å². The second-order valence-corrected chi connectivity index (χ2v) is 6.94. The molecule has 2 aromatic carbocycles. The van der Waals surface area contributed by atoms with Crippen LogP contribution in [0.1, 0.15) is 6.42 Å². The number of allylic oxidation sites excluding steroid dienone is 2. The lowest BCUT2D eigenvalue weighted by molar-refractivity contribution is 0.146. The lowest BCUT2D eigenvalue weighted by Crippen LogP contribution is -2.18. The van der Waals surface area contributed by atoms with Crippen LogP contribution in [-0.4, -0.2) is 6.10 Å². The second kappa shape index (κ2) is 7.98. The Balaban J connectivity index is 1.88. The number of halogens is 4. The molecule has 4 nitrogen and oxygen atoms in total. The minimum absolute atomic E-state index is 0.0465. The van der Waals surface area contributed by atoms with E-state index in [0.717, 1.165) is 18.2 Å². The number of hydrogen-bond acceptors (Lipinski definition) is 4. The van der Waals surface area contributed by atoms with E-state index in [2.05, 4.69) is 0 Å². The standard InChI is InChI=1S/C18H13F4O4P/c19-12-6-8-17(15(21)10-12)25-27(23,24-14-4-2-1-3-5-14)26-18-9-7-13(20)11-16(18)22/h1-8,10-11,18H,9H2. The molecular weight excluding hydrogens is 387 g/mol. The van der Waals surface area contributed by atoms with Crippen LogP contribution >= 0.6 is 7.82 Å². The monoisotopic (exact) mass is 400 g/mol. The highest BCUT2D eigenvalue weighted by Crippen LogP contribution is 2.52. The van der Waals surface area contributed by atoms with Crippen LogP contribution in [0.2, 0.25) is 0 Å². The fourth-order valence-electron chi connectivity index (χ4n) is 2.21. The van der Waals surface area contributed by atoms with Crippen LogP contribution < -0.4 is 9.05 Å². The first-order chi connectivity index (χ1) is 12.8. The normalized spacial score (nSPS) is 18.9. The second-order valence-electron chi connectivity index (χ2n) is 5.47. The minimum Gasteiger partial charge on any atom is -0.395 e. The minimum atomic E-state index is -4.63. The fraction of sp³-hybridized carbons (Fsp3) is 0.111. The summed E-state index contributed by atoms with van der Waals surface area (Å²) in [6.45, 7) is 0. The third-order valence-electron chi connectivity index (χ3n) is 3.43. The van der Waals surface area contributed by atoms with E-state index in [1.807, 2.05) is 0 Å². The maximum Gasteiger partial charge on any atom is 0.588 e. The Morgan fingerprint density at radius 1 is 0.963 bits per heavy atom. The van der Waals surface area contributed by atoms with Crippen LogP contribution in [0.4, 0.5) is 17.6 Å². The predicted octanol–water partition coefficient (Wildman–Crippen LogP) is 6.03. The Hall–Kier alpha value is -2.57. The third-order valence-corrected chi connectivity index (χ3v) is 4.80. The average Bonchev–Trinajstić information content (AvgIpc) is 2.61. The van der Waals surface area contributed by atoms with Gasteiger partial charge in [0, 0.05) is 18.6 Å². The van der Waals surface area contributed by atoms with Gasteiger partial charge in [-0.15, -0.1) is 0 Å². The number of rotatable bonds is 6. The quantitative estimate of drug-likeness (QED) is 0.439. The molecule has 0 heterocycles. The van der Waals surface area contributed by atoms with Crippen LogP contribution in [0.25, 0.3) is 0 Å². The number of hydrogen-bond donors (Lipinski definition) is 0. The lowest BCUT2D eigenvalue weighted by Gasteiger charge is -2.24. The first kappa shape index (κ1) is 19.2. The zero-order valence-corrected chi connectivity index (χ0v) is 14.5. The summed E-state index contributed by atoms with van der Waals surface area (Å²) >= 11 is 0. The molecular formula is C18H13F4O4P. The van der Waals surface area contributed by atoms with E-state index in [0.29, 0.717) is 12.1 Å². The molecule has 0 amide bonds. The molecule has 1 aliphatic rings. The van der Waals surface area contributed by atoms with Gasteiger partial charge in [-0.3, -0.25) is 4.52 Å². The zero-order valence-electron chi connectivity index (χ0n) is 13.7. The third kappa shape index (κ3) is 4.99. The van der Waals surface area contributed by atoms with E-state index in [4.69, 9.17) is 13.6 Å². The van der Waals surface area contributed by atoms with Crippen molar-refractivity contribution in [3.05, 3.63) is 84.0 Å². The van der Waals surface area contributed by atoms with Crippen molar-refractivity contribution in [3.8, 4) is 11.5 Å². The lowest BCUT2D eigenvalue weighted by atomic mass is 10.1. The zero-order chi connectivity index (χ0) is 19.4. The predicted molar refractivity (Wildman–Crippen MR) is 89.5 cm³/mol. The first-order valence-corrected chi connectivity index (χ1v) is 9.21. The Morgan fingerprint density at radius 2 is 1.70 bits per heavy atom. The van der Waals surface area contributed by atoms with Crippen LogP contribution in [0.5, 0.6) is 11.5 Å². The maximum absolute atomic E-state index is 13.9. The van der Waals surface area contributed by atoms with Crippen LogP contribution in [0.3, 0.4) is 0 Å². The van der Waals surface area contributed by atoms with E-state index in [1.165, 1.54) is 12.1 Å². The van der Waals surface area contributed by atoms with E-state index in [1.54, 1.807) is 18.2 Å². The van der Waals surface area contributed by atoms with Gasteiger partial charge in [0.1, 0.15) is 29.3 Å². The number of phosphoric ester groups is 1. The summed E-state index contributed by atoms with van der Waals surface area (Å²) in [7, 11) is -4.63. The molecule has 0 spiro atoms. The van der Waals surface area contributed by atoms with Gasteiger partial charge in [-0.25, -0.2) is 22.1 Å². The van der Waals surface area contributed by atoms with Gasteiger partial charge in [-0.05, 0) is 30.3 Å². The summed E-state index contributed by atoms with van der Waals surface area (Å²) in [4.78, 5) is 0. The molecule has 9 heteroatoms. The van der Waals surface area contributed by atoms with Gasteiger partial charge < -0.3 is 9.05 Å². The Labute approximate surface area is 152 Å². The highest BCUT2D eigenvalue weighted by Gasteiger charge is 2.37. The number of benzene rings is 2. The molecule has 0 radical (unpaired) electrons. The maximum atomic E-state index is 13.9. The SMILES string of the molecule is O=P(Oc1ccccc1)(Oc1ccc(F)cc1F)OC1CC=C(F)C=C1F. The van der Waals surface area contributed by atoms with E-state index < -0.39 is 43.0 Å². The van der Waals surface area contributed by atoms with Crippen molar-refractivity contribution < 1.29 is 35.7 Å². The summed E-state index contributed by atoms with van der Waals surface area (Å²) in [5, 5.41) is 0. The summed E-state index contributed by atoms with van der Waals surface area (Å²) in [5.41, 5.74) is 0. The Morgan fingerprint density at radius 3 is 2.37 bits per heavy atom. The molecule has 1 aliphatic carbocycles. The molecule has 2 unspecified atom stereocenters. The molecule has 0 N–H and O–H groups in total. The van der Waals surface area contributed by atoms with Crippen molar-refractivity contribution in [2.24, 2.45) is 0 Å². The summed E-state index contributed by atoms with van der Waals surface area (Å²) in [6.07, 6.45) is -0.132. The smallest absolute Gasteiger partial charge is 0.395 e. The topological polar surface area (TPSA) is 44.8 Å². The largest absolute Gasteiger partial charge is 0.588 e. The fourth-order valence-corrected chi connectivity index (χ4v) is 3.60.